The molecule has 156 valence electrons. The van der Waals surface area contributed by atoms with Crippen molar-refractivity contribution in [3.8, 4) is 11.5 Å². The predicted octanol–water partition coefficient (Wildman–Crippen LogP) is 4.06. The van der Waals surface area contributed by atoms with Crippen LogP contribution in [0.5, 0.6) is 11.5 Å². The number of methoxy groups -OCH3 is 1. The van der Waals surface area contributed by atoms with Crippen LogP contribution in [0, 0.1) is 0 Å². The van der Waals surface area contributed by atoms with Crippen LogP contribution >= 0.6 is 0 Å². The lowest BCUT2D eigenvalue weighted by molar-refractivity contribution is -0.117. The van der Waals surface area contributed by atoms with Gasteiger partial charge in [-0.05, 0) is 63.1 Å². The number of rotatable bonds is 6. The highest BCUT2D eigenvalue weighted by atomic mass is 16.5. The molecule has 1 aliphatic heterocycles. The van der Waals surface area contributed by atoms with Gasteiger partial charge in [0.15, 0.2) is 11.5 Å². The minimum Gasteiger partial charge on any atom is -0.493 e. The number of ether oxygens (including phenoxy) is 2. The molecule has 0 bridgehead atoms. The molecule has 2 amide bonds. The smallest absolute Gasteiger partial charge is 0.282 e. The summed E-state index contributed by atoms with van der Waals surface area (Å²) in [6.07, 6.45) is 3.89. The van der Waals surface area contributed by atoms with Gasteiger partial charge >= 0.3 is 0 Å². The molecule has 0 unspecified atom stereocenters. The molecule has 1 fully saturated rings. The molecule has 30 heavy (non-hydrogen) atoms. The summed E-state index contributed by atoms with van der Waals surface area (Å²) < 4.78 is 11.6. The van der Waals surface area contributed by atoms with Gasteiger partial charge in [0.2, 0.25) is 0 Å². The molecule has 0 spiro atoms. The maximum Gasteiger partial charge on any atom is 0.282 e. The van der Waals surface area contributed by atoms with E-state index in [9.17, 15) is 9.59 Å². The summed E-state index contributed by atoms with van der Waals surface area (Å²) >= 11 is 0. The fourth-order valence-electron chi connectivity index (χ4n) is 3.13. The first-order valence-electron chi connectivity index (χ1n) is 9.66. The molecule has 1 aliphatic rings. The summed E-state index contributed by atoms with van der Waals surface area (Å²) in [4.78, 5) is 25.3. The van der Waals surface area contributed by atoms with E-state index >= 15 is 0 Å². The van der Waals surface area contributed by atoms with E-state index in [4.69, 9.17) is 9.47 Å². The maximum atomic E-state index is 12.8. The van der Waals surface area contributed by atoms with E-state index in [1.807, 2.05) is 32.9 Å². The molecular formula is C24H26N2O4. The van der Waals surface area contributed by atoms with Crippen LogP contribution in [0.15, 0.2) is 60.7 Å². The fourth-order valence-corrected chi connectivity index (χ4v) is 3.13. The van der Waals surface area contributed by atoms with Crippen molar-refractivity contribution in [3.05, 3.63) is 71.8 Å². The van der Waals surface area contributed by atoms with Crippen molar-refractivity contribution in [2.45, 2.75) is 32.8 Å². The molecule has 0 atom stereocenters. The molecule has 2 aromatic carbocycles. The third-order valence-electron chi connectivity index (χ3n) is 4.36. The van der Waals surface area contributed by atoms with Gasteiger partial charge in [-0.3, -0.25) is 15.0 Å². The van der Waals surface area contributed by atoms with Crippen LogP contribution in [0.3, 0.4) is 0 Å². The first kappa shape index (κ1) is 21.2. The second kappa shape index (κ2) is 8.45. The van der Waals surface area contributed by atoms with Crippen LogP contribution < -0.4 is 19.9 Å². The Balaban J connectivity index is 2.02. The average Bonchev–Trinajstić information content (AvgIpc) is 2.98. The van der Waals surface area contributed by atoms with Crippen LogP contribution in [0.25, 0.3) is 6.08 Å². The minimum atomic E-state index is -0.455. The lowest BCUT2D eigenvalue weighted by Gasteiger charge is -2.25. The molecule has 1 N–H and O–H groups in total. The molecule has 1 heterocycles. The Morgan fingerprint density at radius 1 is 1.13 bits per heavy atom. The Morgan fingerprint density at radius 3 is 2.43 bits per heavy atom. The van der Waals surface area contributed by atoms with Gasteiger partial charge in [-0.15, -0.1) is 6.58 Å². The Morgan fingerprint density at radius 2 is 1.83 bits per heavy atom. The molecule has 6 heteroatoms. The van der Waals surface area contributed by atoms with E-state index in [-0.39, 0.29) is 5.57 Å². The van der Waals surface area contributed by atoms with Gasteiger partial charge < -0.3 is 9.47 Å². The van der Waals surface area contributed by atoms with Gasteiger partial charge in [-0.1, -0.05) is 24.3 Å². The highest BCUT2D eigenvalue weighted by molar-refractivity contribution is 6.31. The maximum absolute atomic E-state index is 12.8. The Labute approximate surface area is 176 Å². The molecule has 0 aromatic heterocycles. The van der Waals surface area contributed by atoms with Crippen molar-refractivity contribution in [2.75, 3.05) is 12.1 Å². The number of carbonyl (C=O) groups is 2. The highest BCUT2D eigenvalue weighted by Gasteiger charge is 2.34. The number of nitrogens with one attached hydrogen (secondary N) is 1. The van der Waals surface area contributed by atoms with Gasteiger partial charge in [0.25, 0.3) is 11.8 Å². The number of amides is 2. The number of nitrogens with zero attached hydrogens (tertiary/aromatic N) is 1. The average molecular weight is 406 g/mol. The second-order valence-electron chi connectivity index (χ2n) is 7.89. The topological polar surface area (TPSA) is 67.9 Å². The standard InChI is InChI=1S/C24H26N2O4/c1-6-10-17-13-16(15-20(29-5)21(17)30-24(2,3)4)14-19-22(27)25-26(23(19)28)18-11-8-7-9-12-18/h6-9,11-15H,1,10H2,2-5H3,(H,25,27). The van der Waals surface area contributed by atoms with Gasteiger partial charge in [-0.2, -0.15) is 0 Å². The van der Waals surface area contributed by atoms with Crippen LogP contribution in [0.4, 0.5) is 5.69 Å². The van der Waals surface area contributed by atoms with Crippen molar-refractivity contribution in [3.63, 3.8) is 0 Å². The second-order valence-corrected chi connectivity index (χ2v) is 7.89. The van der Waals surface area contributed by atoms with Crippen LogP contribution in [-0.2, 0) is 16.0 Å². The van der Waals surface area contributed by atoms with Crippen molar-refractivity contribution in [1.82, 2.24) is 5.43 Å². The third-order valence-corrected chi connectivity index (χ3v) is 4.36. The first-order chi connectivity index (χ1) is 14.2. The fraction of sp³-hybridized carbons (Fsp3) is 0.250. The normalized spacial score (nSPS) is 15.3. The van der Waals surface area contributed by atoms with E-state index in [1.54, 1.807) is 49.6 Å². The molecule has 1 saturated heterocycles. The van der Waals surface area contributed by atoms with E-state index in [0.717, 1.165) is 5.56 Å². The number of hydrazine groups is 1. The lowest BCUT2D eigenvalue weighted by atomic mass is 10.0. The summed E-state index contributed by atoms with van der Waals surface area (Å²) in [6, 6.07) is 12.6. The van der Waals surface area contributed by atoms with Crippen molar-refractivity contribution < 1.29 is 19.1 Å². The first-order valence-corrected chi connectivity index (χ1v) is 9.66. The summed E-state index contributed by atoms with van der Waals surface area (Å²) in [5, 5.41) is 1.24. The van der Waals surface area contributed by atoms with E-state index in [1.165, 1.54) is 5.01 Å². The summed E-state index contributed by atoms with van der Waals surface area (Å²) in [5.41, 5.74) is 4.36. The van der Waals surface area contributed by atoms with Gasteiger partial charge in [-0.25, -0.2) is 5.01 Å². The van der Waals surface area contributed by atoms with E-state index in [2.05, 4.69) is 12.0 Å². The zero-order valence-electron chi connectivity index (χ0n) is 17.7. The van der Waals surface area contributed by atoms with Gasteiger partial charge in [0.1, 0.15) is 11.2 Å². The lowest BCUT2D eigenvalue weighted by Crippen LogP contribution is -2.35. The number of hydrogen-bond donors (Lipinski definition) is 1. The van der Waals surface area contributed by atoms with Crippen molar-refractivity contribution in [1.29, 1.82) is 0 Å². The van der Waals surface area contributed by atoms with Crippen LogP contribution in [-0.4, -0.2) is 24.5 Å². The molecule has 3 rings (SSSR count). The summed E-state index contributed by atoms with van der Waals surface area (Å²) in [5.74, 6) is 0.288. The van der Waals surface area contributed by atoms with Crippen LogP contribution in [0.1, 0.15) is 31.9 Å². The minimum absolute atomic E-state index is 0.0509. The number of para-hydroxylation sites is 1. The highest BCUT2D eigenvalue weighted by Crippen LogP contribution is 2.37. The zero-order valence-corrected chi connectivity index (χ0v) is 17.7. The van der Waals surface area contributed by atoms with E-state index < -0.39 is 17.4 Å². The Hall–Kier alpha value is -3.54. The Bertz CT molecular complexity index is 1000. The Kier molecular flexibility index (Phi) is 5.96. The predicted molar refractivity (Wildman–Crippen MR) is 117 cm³/mol. The van der Waals surface area contributed by atoms with E-state index in [0.29, 0.717) is 29.2 Å². The van der Waals surface area contributed by atoms with Crippen molar-refractivity contribution in [2.24, 2.45) is 0 Å². The number of carbonyl (C=O) groups excluding carboxylic acids is 2. The molecule has 0 aliphatic carbocycles. The number of hydrogen-bond acceptors (Lipinski definition) is 4. The zero-order chi connectivity index (χ0) is 21.9. The quantitative estimate of drug-likeness (QED) is 0.446. The largest absolute Gasteiger partial charge is 0.493 e. The number of benzene rings is 2. The molecule has 0 radical (unpaired) electrons. The number of anilines is 1. The van der Waals surface area contributed by atoms with Gasteiger partial charge in [0.05, 0.1) is 12.8 Å². The van der Waals surface area contributed by atoms with Crippen molar-refractivity contribution >= 4 is 23.6 Å². The summed E-state index contributed by atoms with van der Waals surface area (Å²) in [6.45, 7) is 9.69. The molecule has 2 aromatic rings. The number of allylic oxidation sites excluding steroid dienone is 1. The monoisotopic (exact) mass is 406 g/mol. The van der Waals surface area contributed by atoms with Crippen LogP contribution in [0.2, 0.25) is 0 Å². The summed E-state index contributed by atoms with van der Waals surface area (Å²) in [7, 11) is 1.56. The SMILES string of the molecule is C=CCc1cc(C=C2C(=O)NN(c3ccccc3)C2=O)cc(OC)c1OC(C)(C)C. The molecule has 6 nitrogen and oxygen atoms in total. The molecule has 0 saturated carbocycles. The molecular weight excluding hydrogens is 380 g/mol. The van der Waals surface area contributed by atoms with Gasteiger partial charge in [0, 0.05) is 5.56 Å². The third kappa shape index (κ3) is 4.54.